The van der Waals surface area contributed by atoms with Crippen molar-refractivity contribution in [1.29, 1.82) is 0 Å². The molecule has 2 aromatic rings. The van der Waals surface area contributed by atoms with Gasteiger partial charge in [0.2, 0.25) is 5.91 Å². The molecule has 146 valence electrons. The number of benzene rings is 2. The van der Waals surface area contributed by atoms with E-state index in [1.54, 1.807) is 0 Å². The van der Waals surface area contributed by atoms with Crippen molar-refractivity contribution in [3.63, 3.8) is 0 Å². The Kier molecular flexibility index (Phi) is 6.42. The number of amides is 2. The zero-order valence-electron chi connectivity index (χ0n) is 16.3. The second-order valence-electron chi connectivity index (χ2n) is 6.99. The third-order valence-electron chi connectivity index (χ3n) is 4.92. The summed E-state index contributed by atoms with van der Waals surface area (Å²) < 4.78 is 0. The average Bonchev–Trinajstić information content (AvgIpc) is 2.74. The maximum Gasteiger partial charge on any atom is 0.267 e. The van der Waals surface area contributed by atoms with Crippen LogP contribution in [0, 0.1) is 0 Å². The maximum atomic E-state index is 12.6. The van der Waals surface area contributed by atoms with Crippen LogP contribution in [0.3, 0.4) is 0 Å². The molecule has 28 heavy (non-hydrogen) atoms. The molecule has 1 aliphatic rings. The van der Waals surface area contributed by atoms with Gasteiger partial charge in [-0.05, 0) is 24.6 Å². The standard InChI is InChI=1S/C22H26N4O2/c1-17(25(2)19-11-7-4-8-12-19)15-23-22(28)20-13-14-21(27)26(24-20)16-18-9-5-3-6-10-18/h3-12,17H,13-16H2,1-2H3,(H,23,28). The second kappa shape index (κ2) is 9.17. The topological polar surface area (TPSA) is 65.0 Å². The van der Waals surface area contributed by atoms with Crippen LogP contribution in [0.4, 0.5) is 5.69 Å². The molecule has 6 nitrogen and oxygen atoms in total. The van der Waals surface area contributed by atoms with Gasteiger partial charge in [-0.25, -0.2) is 5.01 Å². The van der Waals surface area contributed by atoms with Gasteiger partial charge in [0.05, 0.1) is 6.54 Å². The zero-order valence-corrected chi connectivity index (χ0v) is 16.3. The van der Waals surface area contributed by atoms with E-state index in [0.29, 0.717) is 31.6 Å². The van der Waals surface area contributed by atoms with E-state index in [4.69, 9.17) is 0 Å². The largest absolute Gasteiger partial charge is 0.370 e. The van der Waals surface area contributed by atoms with Crippen LogP contribution in [0.1, 0.15) is 25.3 Å². The first kappa shape index (κ1) is 19.6. The molecule has 0 saturated carbocycles. The van der Waals surface area contributed by atoms with Crippen molar-refractivity contribution in [2.75, 3.05) is 18.5 Å². The van der Waals surface area contributed by atoms with Gasteiger partial charge in [-0.3, -0.25) is 9.59 Å². The lowest BCUT2D eigenvalue weighted by atomic mass is 10.1. The lowest BCUT2D eigenvalue weighted by molar-refractivity contribution is -0.132. The van der Waals surface area contributed by atoms with Crippen LogP contribution in [-0.4, -0.2) is 42.2 Å². The Morgan fingerprint density at radius 3 is 2.43 bits per heavy atom. The van der Waals surface area contributed by atoms with E-state index < -0.39 is 0 Å². The molecule has 0 fully saturated rings. The Hall–Kier alpha value is -3.15. The number of nitrogens with one attached hydrogen (secondary N) is 1. The highest BCUT2D eigenvalue weighted by molar-refractivity contribution is 6.39. The second-order valence-corrected chi connectivity index (χ2v) is 6.99. The van der Waals surface area contributed by atoms with Crippen molar-refractivity contribution in [3.8, 4) is 0 Å². The summed E-state index contributed by atoms with van der Waals surface area (Å²) in [6.07, 6.45) is 0.678. The number of carbonyl (C=O) groups excluding carboxylic acids is 2. The summed E-state index contributed by atoms with van der Waals surface area (Å²) in [5.74, 6) is -0.267. The van der Waals surface area contributed by atoms with Crippen molar-refractivity contribution >= 4 is 23.2 Å². The highest BCUT2D eigenvalue weighted by atomic mass is 16.2. The summed E-state index contributed by atoms with van der Waals surface area (Å²) in [5, 5.41) is 8.66. The Bertz CT molecular complexity index is 836. The smallest absolute Gasteiger partial charge is 0.267 e. The lowest BCUT2D eigenvalue weighted by Gasteiger charge is -2.28. The van der Waals surface area contributed by atoms with E-state index in [0.717, 1.165) is 11.3 Å². The third kappa shape index (κ3) is 4.97. The molecule has 6 heteroatoms. The molecule has 0 saturated heterocycles. The average molecular weight is 378 g/mol. The fourth-order valence-electron chi connectivity index (χ4n) is 3.04. The summed E-state index contributed by atoms with van der Waals surface area (Å²) in [4.78, 5) is 26.8. The van der Waals surface area contributed by atoms with Gasteiger partial charge in [-0.15, -0.1) is 0 Å². The highest BCUT2D eigenvalue weighted by Gasteiger charge is 2.25. The number of hydrogen-bond donors (Lipinski definition) is 1. The number of nitrogens with zero attached hydrogens (tertiary/aromatic N) is 3. The summed E-state index contributed by atoms with van der Waals surface area (Å²) in [6, 6.07) is 19.8. The molecule has 0 radical (unpaired) electrons. The van der Waals surface area contributed by atoms with Gasteiger partial charge in [0.15, 0.2) is 0 Å². The molecule has 1 heterocycles. The molecule has 1 unspecified atom stereocenters. The predicted octanol–water partition coefficient (Wildman–Crippen LogP) is 2.81. The van der Waals surface area contributed by atoms with E-state index >= 15 is 0 Å². The van der Waals surface area contributed by atoms with Crippen LogP contribution >= 0.6 is 0 Å². The van der Waals surface area contributed by atoms with Crippen LogP contribution in [0.25, 0.3) is 0 Å². The van der Waals surface area contributed by atoms with Gasteiger partial charge in [-0.2, -0.15) is 5.10 Å². The minimum absolute atomic E-state index is 0.0578. The number of hydrazone groups is 1. The minimum atomic E-state index is -0.209. The molecule has 0 spiro atoms. The van der Waals surface area contributed by atoms with Crippen LogP contribution in [-0.2, 0) is 16.1 Å². The van der Waals surface area contributed by atoms with E-state index in [1.165, 1.54) is 5.01 Å². The molecule has 0 bridgehead atoms. The molecular formula is C22H26N4O2. The summed E-state index contributed by atoms with van der Waals surface area (Å²) in [5.41, 5.74) is 2.49. The molecule has 1 N–H and O–H groups in total. The minimum Gasteiger partial charge on any atom is -0.370 e. The summed E-state index contributed by atoms with van der Waals surface area (Å²) >= 11 is 0. The third-order valence-corrected chi connectivity index (χ3v) is 4.92. The lowest BCUT2D eigenvalue weighted by Crippen LogP contribution is -2.44. The van der Waals surface area contributed by atoms with E-state index in [1.807, 2.05) is 67.7 Å². The van der Waals surface area contributed by atoms with Crippen LogP contribution < -0.4 is 10.2 Å². The SMILES string of the molecule is CC(CNC(=O)C1=NN(Cc2ccccc2)C(=O)CC1)N(C)c1ccccc1. The number of hydrogen-bond acceptors (Lipinski definition) is 4. The monoisotopic (exact) mass is 378 g/mol. The van der Waals surface area contributed by atoms with Crippen molar-refractivity contribution in [1.82, 2.24) is 10.3 Å². The van der Waals surface area contributed by atoms with Crippen LogP contribution in [0.2, 0.25) is 0 Å². The molecule has 3 rings (SSSR count). The Morgan fingerprint density at radius 1 is 1.11 bits per heavy atom. The van der Waals surface area contributed by atoms with Gasteiger partial charge in [0.25, 0.3) is 5.91 Å². The number of para-hydroxylation sites is 1. The van der Waals surface area contributed by atoms with Crippen molar-refractivity contribution in [2.45, 2.75) is 32.4 Å². The summed E-state index contributed by atoms with van der Waals surface area (Å²) in [7, 11) is 2.00. The fourth-order valence-corrected chi connectivity index (χ4v) is 3.04. The van der Waals surface area contributed by atoms with Gasteiger partial charge >= 0.3 is 0 Å². The van der Waals surface area contributed by atoms with Gasteiger partial charge in [0.1, 0.15) is 5.71 Å². The zero-order chi connectivity index (χ0) is 19.9. The quantitative estimate of drug-likeness (QED) is 0.806. The molecule has 0 aromatic heterocycles. The fraction of sp³-hybridized carbons (Fsp3) is 0.318. The Morgan fingerprint density at radius 2 is 1.75 bits per heavy atom. The number of rotatable bonds is 7. The molecule has 2 aromatic carbocycles. The molecule has 1 aliphatic heterocycles. The first-order valence-corrected chi connectivity index (χ1v) is 9.52. The first-order valence-electron chi connectivity index (χ1n) is 9.52. The highest BCUT2D eigenvalue weighted by Crippen LogP contribution is 2.15. The normalized spacial score (nSPS) is 15.0. The number of likely N-dealkylation sites (N-methyl/N-ethyl adjacent to an activating group) is 1. The van der Waals surface area contributed by atoms with E-state index in [9.17, 15) is 9.59 Å². The van der Waals surface area contributed by atoms with Gasteiger partial charge in [0, 0.05) is 38.2 Å². The predicted molar refractivity (Wildman–Crippen MR) is 111 cm³/mol. The van der Waals surface area contributed by atoms with Crippen LogP contribution in [0.15, 0.2) is 65.8 Å². The number of carbonyl (C=O) groups is 2. The van der Waals surface area contributed by atoms with Gasteiger partial charge < -0.3 is 10.2 Å². The molecular weight excluding hydrogens is 352 g/mol. The van der Waals surface area contributed by atoms with Crippen LogP contribution in [0.5, 0.6) is 0 Å². The maximum absolute atomic E-state index is 12.6. The number of anilines is 1. The van der Waals surface area contributed by atoms with Crippen molar-refractivity contribution in [2.24, 2.45) is 5.10 Å². The first-order chi connectivity index (χ1) is 13.5. The summed E-state index contributed by atoms with van der Waals surface area (Å²) in [6.45, 7) is 2.93. The van der Waals surface area contributed by atoms with Crippen molar-refractivity contribution < 1.29 is 9.59 Å². The molecule has 0 aliphatic carbocycles. The Balaban J connectivity index is 1.58. The van der Waals surface area contributed by atoms with Gasteiger partial charge in [-0.1, -0.05) is 48.5 Å². The van der Waals surface area contributed by atoms with E-state index in [-0.39, 0.29) is 17.9 Å². The Labute approximate surface area is 165 Å². The molecule has 1 atom stereocenters. The van der Waals surface area contributed by atoms with Crippen molar-refractivity contribution in [3.05, 3.63) is 66.2 Å². The molecule has 2 amide bonds. The van der Waals surface area contributed by atoms with E-state index in [2.05, 4.69) is 22.2 Å².